The fourth-order valence-corrected chi connectivity index (χ4v) is 2.21. The predicted octanol–water partition coefficient (Wildman–Crippen LogP) is 4.84. The molecule has 0 aliphatic carbocycles. The average Bonchev–Trinajstić information content (AvgIpc) is 2.79. The Hall–Kier alpha value is -1.28. The molecule has 0 bridgehead atoms. The number of benzene rings is 1. The highest BCUT2D eigenvalue weighted by molar-refractivity contribution is 7.13. The molecule has 1 aromatic heterocycles. The van der Waals surface area contributed by atoms with E-state index in [-0.39, 0.29) is 5.41 Å². The summed E-state index contributed by atoms with van der Waals surface area (Å²) in [6, 6.07) is 12.5. The molecule has 17 heavy (non-hydrogen) atoms. The standard InChI is InChI=1S/C15H18OS/c1-15(2,3)11-16-13-7-4-6-12(10-13)14-8-5-9-17-14/h4-10H,11H2,1-3H3. The van der Waals surface area contributed by atoms with Gasteiger partial charge in [0.15, 0.2) is 0 Å². The van der Waals surface area contributed by atoms with E-state index in [1.54, 1.807) is 11.3 Å². The zero-order valence-electron chi connectivity index (χ0n) is 10.6. The van der Waals surface area contributed by atoms with Crippen molar-refractivity contribution < 1.29 is 4.74 Å². The van der Waals surface area contributed by atoms with Crippen LogP contribution in [0.2, 0.25) is 0 Å². The van der Waals surface area contributed by atoms with Crippen LogP contribution in [0.4, 0.5) is 0 Å². The Morgan fingerprint density at radius 3 is 2.59 bits per heavy atom. The third-order valence-corrected chi connectivity index (χ3v) is 3.23. The van der Waals surface area contributed by atoms with Crippen molar-refractivity contribution in [2.24, 2.45) is 5.41 Å². The number of ether oxygens (including phenoxy) is 1. The lowest BCUT2D eigenvalue weighted by Crippen LogP contribution is -2.16. The van der Waals surface area contributed by atoms with Gasteiger partial charge < -0.3 is 4.74 Å². The first-order valence-corrected chi connectivity index (χ1v) is 6.69. The molecular formula is C15H18OS. The van der Waals surface area contributed by atoms with Crippen LogP contribution in [-0.4, -0.2) is 6.61 Å². The summed E-state index contributed by atoms with van der Waals surface area (Å²) in [5.41, 5.74) is 1.42. The van der Waals surface area contributed by atoms with Gasteiger partial charge in [-0.05, 0) is 34.6 Å². The van der Waals surface area contributed by atoms with Crippen LogP contribution in [0.25, 0.3) is 10.4 Å². The van der Waals surface area contributed by atoms with Crippen molar-refractivity contribution in [1.29, 1.82) is 0 Å². The lowest BCUT2D eigenvalue weighted by atomic mass is 9.99. The summed E-state index contributed by atoms with van der Waals surface area (Å²) in [5, 5.41) is 2.10. The van der Waals surface area contributed by atoms with Gasteiger partial charge in [-0.15, -0.1) is 11.3 Å². The molecule has 0 unspecified atom stereocenters. The van der Waals surface area contributed by atoms with E-state index in [2.05, 4.69) is 50.4 Å². The molecule has 0 aliphatic rings. The second-order valence-corrected chi connectivity index (χ2v) is 6.30. The van der Waals surface area contributed by atoms with Crippen LogP contribution in [0.3, 0.4) is 0 Å². The quantitative estimate of drug-likeness (QED) is 0.753. The first-order valence-electron chi connectivity index (χ1n) is 5.81. The second kappa shape index (κ2) is 4.92. The molecule has 0 N–H and O–H groups in total. The molecule has 2 heteroatoms. The van der Waals surface area contributed by atoms with Crippen LogP contribution in [-0.2, 0) is 0 Å². The summed E-state index contributed by atoms with van der Waals surface area (Å²) in [5.74, 6) is 0.950. The second-order valence-electron chi connectivity index (χ2n) is 5.35. The summed E-state index contributed by atoms with van der Waals surface area (Å²) in [7, 11) is 0. The van der Waals surface area contributed by atoms with Crippen molar-refractivity contribution >= 4 is 11.3 Å². The van der Waals surface area contributed by atoms with Crippen molar-refractivity contribution in [1.82, 2.24) is 0 Å². The molecule has 0 saturated heterocycles. The lowest BCUT2D eigenvalue weighted by Gasteiger charge is -2.19. The minimum atomic E-state index is 0.193. The van der Waals surface area contributed by atoms with Gasteiger partial charge in [0.2, 0.25) is 0 Å². The molecule has 1 heterocycles. The van der Waals surface area contributed by atoms with E-state index in [9.17, 15) is 0 Å². The van der Waals surface area contributed by atoms with E-state index in [1.807, 2.05) is 12.1 Å². The summed E-state index contributed by atoms with van der Waals surface area (Å²) in [6.45, 7) is 7.27. The van der Waals surface area contributed by atoms with Crippen molar-refractivity contribution in [3.8, 4) is 16.2 Å². The van der Waals surface area contributed by atoms with E-state index in [0.29, 0.717) is 0 Å². The molecule has 0 radical (unpaired) electrons. The average molecular weight is 246 g/mol. The number of hydrogen-bond donors (Lipinski definition) is 0. The van der Waals surface area contributed by atoms with Crippen LogP contribution < -0.4 is 4.74 Å². The Morgan fingerprint density at radius 1 is 1.12 bits per heavy atom. The van der Waals surface area contributed by atoms with Crippen LogP contribution in [0.1, 0.15) is 20.8 Å². The van der Waals surface area contributed by atoms with Gasteiger partial charge in [0, 0.05) is 4.88 Å². The summed E-state index contributed by atoms with van der Waals surface area (Å²) in [6.07, 6.45) is 0. The summed E-state index contributed by atoms with van der Waals surface area (Å²) < 4.78 is 5.81. The molecule has 2 aromatic rings. The van der Waals surface area contributed by atoms with E-state index < -0.39 is 0 Å². The Labute approximate surface area is 107 Å². The SMILES string of the molecule is CC(C)(C)COc1cccc(-c2cccs2)c1. The van der Waals surface area contributed by atoms with Crippen LogP contribution in [0.15, 0.2) is 41.8 Å². The maximum Gasteiger partial charge on any atom is 0.119 e. The maximum absolute atomic E-state index is 5.81. The molecule has 0 spiro atoms. The highest BCUT2D eigenvalue weighted by Gasteiger charge is 2.11. The third kappa shape index (κ3) is 3.60. The Balaban J connectivity index is 2.12. The van der Waals surface area contributed by atoms with Gasteiger partial charge in [-0.3, -0.25) is 0 Å². The molecule has 0 saturated carbocycles. The van der Waals surface area contributed by atoms with Crippen molar-refractivity contribution in [2.45, 2.75) is 20.8 Å². The fraction of sp³-hybridized carbons (Fsp3) is 0.333. The minimum absolute atomic E-state index is 0.193. The molecule has 1 aromatic carbocycles. The largest absolute Gasteiger partial charge is 0.493 e. The molecule has 0 fully saturated rings. The number of hydrogen-bond acceptors (Lipinski definition) is 2. The van der Waals surface area contributed by atoms with Gasteiger partial charge in [0.1, 0.15) is 5.75 Å². The smallest absolute Gasteiger partial charge is 0.119 e. The van der Waals surface area contributed by atoms with Crippen LogP contribution >= 0.6 is 11.3 Å². The monoisotopic (exact) mass is 246 g/mol. The van der Waals surface area contributed by atoms with E-state index in [1.165, 1.54) is 10.4 Å². The number of rotatable bonds is 3. The Bertz CT molecular complexity index is 466. The van der Waals surface area contributed by atoms with Crippen LogP contribution in [0, 0.1) is 5.41 Å². The van der Waals surface area contributed by atoms with Gasteiger partial charge in [0.25, 0.3) is 0 Å². The molecule has 0 aliphatic heterocycles. The Morgan fingerprint density at radius 2 is 1.94 bits per heavy atom. The van der Waals surface area contributed by atoms with Gasteiger partial charge in [-0.1, -0.05) is 39.0 Å². The highest BCUT2D eigenvalue weighted by Crippen LogP contribution is 2.28. The summed E-state index contributed by atoms with van der Waals surface area (Å²) >= 11 is 1.75. The van der Waals surface area contributed by atoms with E-state index in [4.69, 9.17) is 4.74 Å². The first-order chi connectivity index (χ1) is 8.04. The van der Waals surface area contributed by atoms with Crippen LogP contribution in [0.5, 0.6) is 5.75 Å². The van der Waals surface area contributed by atoms with Gasteiger partial charge in [-0.2, -0.15) is 0 Å². The van der Waals surface area contributed by atoms with Crippen molar-refractivity contribution in [3.63, 3.8) is 0 Å². The molecule has 1 nitrogen and oxygen atoms in total. The number of thiophene rings is 1. The normalized spacial score (nSPS) is 11.5. The molecule has 0 atom stereocenters. The zero-order valence-corrected chi connectivity index (χ0v) is 11.4. The zero-order chi connectivity index (χ0) is 12.3. The van der Waals surface area contributed by atoms with E-state index >= 15 is 0 Å². The topological polar surface area (TPSA) is 9.23 Å². The van der Waals surface area contributed by atoms with Crippen molar-refractivity contribution in [2.75, 3.05) is 6.61 Å². The third-order valence-electron chi connectivity index (χ3n) is 2.31. The summed E-state index contributed by atoms with van der Waals surface area (Å²) in [4.78, 5) is 1.28. The molecule has 0 amide bonds. The maximum atomic E-state index is 5.81. The lowest BCUT2D eigenvalue weighted by molar-refractivity contribution is 0.198. The van der Waals surface area contributed by atoms with Gasteiger partial charge in [-0.25, -0.2) is 0 Å². The Kier molecular flexibility index (Phi) is 3.53. The van der Waals surface area contributed by atoms with Crippen molar-refractivity contribution in [3.05, 3.63) is 41.8 Å². The fourth-order valence-electron chi connectivity index (χ4n) is 1.48. The first kappa shape index (κ1) is 12.2. The highest BCUT2D eigenvalue weighted by atomic mass is 32.1. The minimum Gasteiger partial charge on any atom is -0.493 e. The van der Waals surface area contributed by atoms with E-state index in [0.717, 1.165) is 12.4 Å². The molecule has 90 valence electrons. The molecular weight excluding hydrogens is 228 g/mol. The molecule has 2 rings (SSSR count). The van der Waals surface area contributed by atoms with Gasteiger partial charge in [0.05, 0.1) is 6.61 Å². The predicted molar refractivity (Wildman–Crippen MR) is 74.7 cm³/mol. The van der Waals surface area contributed by atoms with Gasteiger partial charge >= 0.3 is 0 Å².